The van der Waals surface area contributed by atoms with Gasteiger partial charge in [0.15, 0.2) is 6.29 Å². The second-order valence-electron chi connectivity index (χ2n) is 2.91. The summed E-state index contributed by atoms with van der Waals surface area (Å²) in [4.78, 5) is 0. The number of ether oxygens (including phenoxy) is 1. The summed E-state index contributed by atoms with van der Waals surface area (Å²) in [6.45, 7) is -0.439. The molecule has 0 aliphatic carbocycles. The molecule has 86 valence electrons. The van der Waals surface area contributed by atoms with Crippen LogP contribution in [-0.4, -0.2) is 55.3 Å². The normalized spacial score (nSPS) is 38.1. The molecule has 0 aromatic rings. The predicted octanol–water partition coefficient (Wildman–Crippen LogP) is -5.26. The third kappa shape index (κ3) is 5.18. The summed E-state index contributed by atoms with van der Waals surface area (Å²) in [7, 11) is 0. The van der Waals surface area contributed by atoms with Crippen LogP contribution in [0.1, 0.15) is 7.85 Å². The van der Waals surface area contributed by atoms with Crippen molar-refractivity contribution in [2.75, 3.05) is 6.61 Å². The summed E-state index contributed by atoms with van der Waals surface area (Å²) in [5.74, 6) is 0. The van der Waals surface area contributed by atoms with Crippen molar-refractivity contribution in [3.63, 3.8) is 0 Å². The Balaban J connectivity index is 0. The molecule has 1 saturated heterocycles. The number of aliphatic hydroxyl groups excluding tert-OH is 3. The van der Waals surface area contributed by atoms with Gasteiger partial charge in [0.25, 0.3) is 0 Å². The third-order valence-corrected chi connectivity index (χ3v) is 2.21. The maximum Gasteiger partial charge on any atom is 1.00 e. The first-order valence-electron chi connectivity index (χ1n) is 3.93. The summed E-state index contributed by atoms with van der Waals surface area (Å²) < 4.78 is 29.0. The first-order chi connectivity index (χ1) is 6.50. The van der Waals surface area contributed by atoms with Crippen LogP contribution in [0.4, 0.5) is 0 Å². The van der Waals surface area contributed by atoms with Crippen LogP contribution >= 0.6 is 0 Å². The molecule has 1 heterocycles. The summed E-state index contributed by atoms with van der Waals surface area (Å²) in [6, 6.07) is 0. The minimum atomic E-state index is -2.71. The van der Waals surface area contributed by atoms with Crippen LogP contribution < -0.4 is 29.6 Å². The van der Waals surface area contributed by atoms with Crippen molar-refractivity contribution in [1.82, 2.24) is 0 Å². The molecule has 0 bridgehead atoms. The largest absolute Gasteiger partial charge is 1.00 e. The molecule has 0 aromatic heterocycles. The van der Waals surface area contributed by atoms with Crippen molar-refractivity contribution in [2.45, 2.75) is 31.0 Å². The maximum atomic E-state index is 10.0. The fourth-order valence-corrected chi connectivity index (χ4v) is 1.44. The minimum absolute atomic E-state index is 0. The number of aliphatic hydroxyl groups is 3. The van der Waals surface area contributed by atoms with Gasteiger partial charge < -0.3 is 26.0 Å². The molecule has 15 heavy (non-hydrogen) atoms. The Kier molecular flexibility index (Phi) is 7.72. The van der Waals surface area contributed by atoms with E-state index in [2.05, 4.69) is 4.18 Å². The molecule has 0 saturated carbocycles. The van der Waals surface area contributed by atoms with E-state index in [1.165, 1.54) is 0 Å². The number of hydrogen-bond donors (Lipinski definition) is 3. The second kappa shape index (κ2) is 7.28. The van der Waals surface area contributed by atoms with E-state index in [1.54, 1.807) is 0 Å². The summed E-state index contributed by atoms with van der Waals surface area (Å²) in [6.07, 6.45) is -4.79. The van der Waals surface area contributed by atoms with Gasteiger partial charge in [-0.25, -0.2) is 4.21 Å². The van der Waals surface area contributed by atoms with E-state index in [4.69, 9.17) is 9.84 Å². The van der Waals surface area contributed by atoms with E-state index >= 15 is 0 Å². The van der Waals surface area contributed by atoms with Crippen molar-refractivity contribution in [3.8, 4) is 0 Å². The zero-order chi connectivity index (χ0) is 10.7. The molecule has 1 aliphatic rings. The Bertz CT molecular complexity index is 221. The van der Waals surface area contributed by atoms with Gasteiger partial charge in [-0.3, -0.25) is 4.18 Å². The van der Waals surface area contributed by atoms with Gasteiger partial charge in [-0.15, -0.1) is 0 Å². The van der Waals surface area contributed by atoms with Gasteiger partial charge in [-0.1, -0.05) is 0 Å². The molecule has 1 rings (SSSR count). The van der Waals surface area contributed by atoms with Crippen LogP contribution in [0.15, 0.2) is 0 Å². The first kappa shape index (κ1) is 15.9. The Labute approximate surface area is 113 Å². The van der Waals surface area contributed by atoms with Gasteiger partial charge >= 0.3 is 29.6 Å². The maximum absolute atomic E-state index is 10.0. The smallest absolute Gasteiger partial charge is 1.00 e. The van der Waals surface area contributed by atoms with E-state index in [1.807, 2.05) is 0 Å². The molecule has 0 aromatic carbocycles. The fourth-order valence-electron chi connectivity index (χ4n) is 1.19. The van der Waals surface area contributed by atoms with Gasteiger partial charge in [-0.2, -0.15) is 0 Å². The van der Waals surface area contributed by atoms with E-state index in [0.29, 0.717) is 0 Å². The minimum Gasteiger partial charge on any atom is -1.00 e. The molecule has 3 N–H and O–H groups in total. The van der Waals surface area contributed by atoms with Gasteiger partial charge in [-0.05, 0) is 0 Å². The van der Waals surface area contributed by atoms with Crippen molar-refractivity contribution >= 4 is 11.4 Å². The molecule has 5 atom stereocenters. The van der Waals surface area contributed by atoms with E-state index in [9.17, 15) is 19.0 Å². The quantitative estimate of drug-likeness (QED) is 0.338. The van der Waals surface area contributed by atoms with Crippen LogP contribution in [-0.2, 0) is 20.3 Å². The zero-order valence-corrected chi connectivity index (χ0v) is 10.9. The Hall–Kier alpha value is 0.910. The summed E-state index contributed by atoms with van der Waals surface area (Å²) >= 11 is -2.71. The van der Waals surface area contributed by atoms with Gasteiger partial charge in [0.05, 0.1) is 24.1 Å². The summed E-state index contributed by atoms with van der Waals surface area (Å²) in [5, 5.41) is 27.5. The van der Waals surface area contributed by atoms with Crippen molar-refractivity contribution in [2.24, 2.45) is 0 Å². The summed E-state index contributed by atoms with van der Waals surface area (Å²) in [5.41, 5.74) is 0. The first-order valence-corrected chi connectivity index (χ1v) is 4.93. The number of rotatable bonds is 3. The Morgan fingerprint density at radius 3 is 2.67 bits per heavy atom. The van der Waals surface area contributed by atoms with Crippen molar-refractivity contribution in [3.05, 3.63) is 0 Å². The molecule has 9 heteroatoms. The predicted molar refractivity (Wildman–Crippen MR) is 43.5 cm³/mol. The second-order valence-corrected chi connectivity index (χ2v) is 3.56. The van der Waals surface area contributed by atoms with Crippen LogP contribution in [0.3, 0.4) is 0 Å². The van der Waals surface area contributed by atoms with Gasteiger partial charge in [0.1, 0.15) is 12.2 Å². The molecule has 1 aliphatic heterocycles. The van der Waals surface area contributed by atoms with Crippen LogP contribution in [0.2, 0.25) is 0 Å². The molecule has 0 amide bonds. The Morgan fingerprint density at radius 2 is 2.13 bits per heavy atom. The van der Waals surface area contributed by atoms with Crippen molar-refractivity contribution in [1.29, 1.82) is 0 Å². The molecule has 1 unspecified atom stereocenters. The monoisotopic (exact) mass is 251 g/mol. The van der Waals surface area contributed by atoms with Gasteiger partial charge in [0.2, 0.25) is 0 Å². The Morgan fingerprint density at radius 1 is 1.53 bits per heavy atom. The topological polar surface area (TPSA) is 119 Å². The van der Waals surface area contributed by atoms with E-state index < -0.39 is 42.6 Å². The van der Waals surface area contributed by atoms with Gasteiger partial charge in [0, 0.05) is 6.42 Å². The van der Waals surface area contributed by atoms with E-state index in [0.717, 1.165) is 0 Å². The van der Waals surface area contributed by atoms with Crippen LogP contribution in [0, 0.1) is 0 Å². The zero-order valence-electron chi connectivity index (χ0n) is 9.11. The fraction of sp³-hybridized carbons (Fsp3) is 1.00. The molecular weight excluding hydrogens is 239 g/mol. The average Bonchev–Trinajstić information content (AvgIpc) is 2.08. The standard InChI is InChI=1S/C6H12O7S.Na.H/c7-3-1-5(8)13-4(6(3)9)2-12-14(10)11;;/h3-9H,1-2H2,(H,10,11);;/q;+1;-1/p-1/t3-,4-,5-,6+;;/m1../s1. The molecule has 1 fully saturated rings. The molecular formula is C6H12NaO7S-. The van der Waals surface area contributed by atoms with E-state index in [-0.39, 0.29) is 37.4 Å². The van der Waals surface area contributed by atoms with Crippen LogP contribution in [0.25, 0.3) is 0 Å². The SMILES string of the molecule is O=S([O-])OC[C@H]1O[C@@H](O)C[C@@H](O)[C@@H]1O.[H-].[Na+]. The van der Waals surface area contributed by atoms with Crippen LogP contribution in [0.5, 0.6) is 0 Å². The average molecular weight is 251 g/mol. The third-order valence-electron chi connectivity index (χ3n) is 1.88. The molecule has 0 radical (unpaired) electrons. The number of hydrogen-bond acceptors (Lipinski definition) is 7. The molecule has 7 nitrogen and oxygen atoms in total. The van der Waals surface area contributed by atoms with Crippen molar-refractivity contribution < 1.29 is 64.0 Å². The molecule has 0 spiro atoms.